The number of aromatic nitrogens is 1. The molecular weight excluding hydrogens is 747 g/mol. The van der Waals surface area contributed by atoms with E-state index < -0.39 is 0 Å². The lowest BCUT2D eigenvalue weighted by Crippen LogP contribution is -2.37. The lowest BCUT2D eigenvalue weighted by atomic mass is 9.59. The number of furan rings is 1. The van der Waals surface area contributed by atoms with Gasteiger partial charge in [-0.1, -0.05) is 125 Å². The minimum Gasteiger partial charge on any atom is -0.455 e. The highest BCUT2D eigenvalue weighted by Crippen LogP contribution is 2.52. The van der Waals surface area contributed by atoms with Crippen LogP contribution in [0.2, 0.25) is 0 Å². The van der Waals surface area contributed by atoms with Crippen molar-refractivity contribution >= 4 is 105 Å². The Labute approximate surface area is 353 Å². The van der Waals surface area contributed by atoms with Gasteiger partial charge in [-0.2, -0.15) is 0 Å². The van der Waals surface area contributed by atoms with Crippen molar-refractivity contribution in [1.82, 2.24) is 4.57 Å². The topological polar surface area (TPSA) is 30.1 Å². The van der Waals surface area contributed by atoms with Crippen molar-refractivity contribution in [2.75, 3.05) is 5.32 Å². The van der Waals surface area contributed by atoms with Gasteiger partial charge in [0.1, 0.15) is 11.2 Å². The zero-order chi connectivity index (χ0) is 40.2. The highest BCUT2D eigenvalue weighted by Gasteiger charge is 2.37. The number of thiophene rings is 1. The molecule has 0 amide bonds. The Morgan fingerprint density at radius 1 is 0.617 bits per heavy atom. The van der Waals surface area contributed by atoms with Gasteiger partial charge in [-0.3, -0.25) is 0 Å². The molecule has 0 spiro atoms. The number of rotatable bonds is 3. The Morgan fingerprint density at radius 2 is 1.38 bits per heavy atom. The molecule has 0 bridgehead atoms. The van der Waals surface area contributed by atoms with Crippen LogP contribution in [0, 0.1) is 0 Å². The first-order chi connectivity index (χ1) is 29.1. The summed E-state index contributed by atoms with van der Waals surface area (Å²) in [6.07, 6.45) is 0. The largest absolute Gasteiger partial charge is 0.455 e. The first-order valence-electron chi connectivity index (χ1n) is 21.1. The van der Waals surface area contributed by atoms with Gasteiger partial charge in [-0.25, -0.2) is 0 Å². The van der Waals surface area contributed by atoms with Crippen molar-refractivity contribution in [2.24, 2.45) is 0 Å². The molecule has 8 aromatic carbocycles. The van der Waals surface area contributed by atoms with Crippen molar-refractivity contribution in [3.05, 3.63) is 162 Å². The van der Waals surface area contributed by atoms with E-state index in [1.165, 1.54) is 97.5 Å². The molecule has 0 saturated heterocycles. The van der Waals surface area contributed by atoms with Crippen LogP contribution in [0.25, 0.3) is 91.9 Å². The average Bonchev–Trinajstić information content (AvgIpc) is 3.97. The normalized spacial score (nSPS) is 14.0. The number of nitrogens with zero attached hydrogens (tertiary/aromatic N) is 1. The van der Waals surface area contributed by atoms with E-state index in [4.69, 9.17) is 4.42 Å². The summed E-state index contributed by atoms with van der Waals surface area (Å²) in [6.45, 7) is 11.6. The highest BCUT2D eigenvalue weighted by atomic mass is 32.1. The Balaban J connectivity index is 1.12. The second-order valence-electron chi connectivity index (χ2n) is 18.6. The third-order valence-electron chi connectivity index (χ3n) is 13.8. The standard InChI is InChI=1S/C55H41BN2OS/c1-54(2,3)30-18-20-31(21-19-30)57-44-27-38-32-12-6-9-15-41(32)55(4,5)42(38)26-39(44)35-22-23-37-50-45(25-24-36-33-13-7-10-16-47(33)59-53(36)50)58-46-28-40-34-14-8-11-17-48(34)60-49(40)29-43(46)56-51(35)52(37)58/h6-29,56-57H,1-5H3. The smallest absolute Gasteiger partial charge is 0.198 e. The fourth-order valence-corrected chi connectivity index (χ4v) is 11.9. The molecule has 1 aliphatic carbocycles. The minimum absolute atomic E-state index is 0.0781. The quantitative estimate of drug-likeness (QED) is 0.181. The molecule has 1 N–H and O–H groups in total. The van der Waals surface area contributed by atoms with E-state index in [-0.39, 0.29) is 10.8 Å². The summed E-state index contributed by atoms with van der Waals surface area (Å²) in [7, 11) is 0.826. The molecule has 286 valence electrons. The first kappa shape index (κ1) is 34.3. The van der Waals surface area contributed by atoms with E-state index in [0.29, 0.717) is 0 Å². The van der Waals surface area contributed by atoms with Crippen LogP contribution in [0.3, 0.4) is 0 Å². The van der Waals surface area contributed by atoms with Gasteiger partial charge >= 0.3 is 0 Å². The van der Waals surface area contributed by atoms with Crippen LogP contribution in [0.5, 0.6) is 0 Å². The predicted octanol–water partition coefficient (Wildman–Crippen LogP) is 13.8. The monoisotopic (exact) mass is 788 g/mol. The van der Waals surface area contributed by atoms with Crippen molar-refractivity contribution in [3.8, 4) is 27.9 Å². The van der Waals surface area contributed by atoms with Crippen molar-refractivity contribution in [1.29, 1.82) is 0 Å². The van der Waals surface area contributed by atoms with Crippen LogP contribution < -0.4 is 16.2 Å². The summed E-state index contributed by atoms with van der Waals surface area (Å²) in [4.78, 5) is 0. The third kappa shape index (κ3) is 4.61. The molecule has 3 nitrogen and oxygen atoms in total. The van der Waals surface area contributed by atoms with Crippen molar-refractivity contribution in [2.45, 2.75) is 45.4 Å². The number of para-hydroxylation sites is 1. The first-order valence-corrected chi connectivity index (χ1v) is 21.9. The Bertz CT molecular complexity index is 3670. The molecule has 4 heterocycles. The number of hydrogen-bond donors (Lipinski definition) is 1. The summed E-state index contributed by atoms with van der Waals surface area (Å²) in [5, 5.41) is 11.3. The van der Waals surface area contributed by atoms with E-state index in [0.717, 1.165) is 40.6 Å². The summed E-state index contributed by atoms with van der Waals surface area (Å²) >= 11 is 1.90. The molecule has 0 atom stereocenters. The van der Waals surface area contributed by atoms with E-state index in [2.05, 4.69) is 190 Å². The van der Waals surface area contributed by atoms with Crippen LogP contribution in [0.1, 0.15) is 51.3 Å². The summed E-state index contributed by atoms with van der Waals surface area (Å²) in [5.41, 5.74) is 19.6. The van der Waals surface area contributed by atoms with E-state index >= 15 is 0 Å². The number of hydrogen-bond acceptors (Lipinski definition) is 3. The fourth-order valence-electron chi connectivity index (χ4n) is 10.7. The van der Waals surface area contributed by atoms with Crippen LogP contribution in [-0.2, 0) is 10.8 Å². The molecule has 60 heavy (non-hydrogen) atoms. The predicted molar refractivity (Wildman–Crippen MR) is 259 cm³/mol. The molecule has 3 aromatic heterocycles. The van der Waals surface area contributed by atoms with Crippen LogP contribution in [0.15, 0.2) is 150 Å². The van der Waals surface area contributed by atoms with Crippen molar-refractivity contribution in [3.63, 3.8) is 0 Å². The van der Waals surface area contributed by atoms with E-state index in [9.17, 15) is 0 Å². The van der Waals surface area contributed by atoms with Gasteiger partial charge in [0.05, 0.1) is 10.9 Å². The molecule has 0 unspecified atom stereocenters. The third-order valence-corrected chi connectivity index (χ3v) is 14.9. The number of anilines is 2. The van der Waals surface area contributed by atoms with Crippen LogP contribution >= 0.6 is 11.3 Å². The average molecular weight is 789 g/mol. The molecule has 13 rings (SSSR count). The van der Waals surface area contributed by atoms with E-state index in [1.54, 1.807) is 0 Å². The van der Waals surface area contributed by atoms with Gasteiger partial charge in [0, 0.05) is 69.9 Å². The van der Waals surface area contributed by atoms with Gasteiger partial charge in [0.25, 0.3) is 0 Å². The summed E-state index contributed by atoms with van der Waals surface area (Å²) in [5.74, 6) is 0. The Kier molecular flexibility index (Phi) is 6.75. The summed E-state index contributed by atoms with van der Waals surface area (Å²) in [6, 6.07) is 54.5. The Hall–Kier alpha value is -6.56. The number of nitrogens with one attached hydrogen (secondary N) is 1. The summed E-state index contributed by atoms with van der Waals surface area (Å²) < 4.78 is 12.0. The maximum absolute atomic E-state index is 6.81. The maximum Gasteiger partial charge on any atom is 0.198 e. The molecular formula is C55H41BN2OS. The lowest BCUT2D eigenvalue weighted by Gasteiger charge is -2.26. The fraction of sp³-hybridized carbons (Fsp3) is 0.127. The van der Waals surface area contributed by atoms with Crippen LogP contribution in [0.4, 0.5) is 11.4 Å². The zero-order valence-electron chi connectivity index (χ0n) is 34.3. The zero-order valence-corrected chi connectivity index (χ0v) is 35.1. The lowest BCUT2D eigenvalue weighted by molar-refractivity contribution is 0.590. The molecule has 5 heteroatoms. The minimum atomic E-state index is -0.143. The molecule has 0 fully saturated rings. The Morgan fingerprint density at radius 3 is 2.23 bits per heavy atom. The number of benzene rings is 8. The van der Waals surface area contributed by atoms with Gasteiger partial charge in [-0.05, 0) is 105 Å². The maximum atomic E-state index is 6.81. The van der Waals surface area contributed by atoms with Crippen molar-refractivity contribution < 1.29 is 4.42 Å². The van der Waals surface area contributed by atoms with Crippen LogP contribution in [-0.4, -0.2) is 11.8 Å². The van der Waals surface area contributed by atoms with Gasteiger partial charge in [-0.15, -0.1) is 11.3 Å². The second kappa shape index (κ2) is 11.8. The van der Waals surface area contributed by atoms with Gasteiger partial charge in [0.2, 0.25) is 0 Å². The molecule has 1 aliphatic heterocycles. The van der Waals surface area contributed by atoms with Gasteiger partial charge < -0.3 is 14.3 Å². The van der Waals surface area contributed by atoms with E-state index in [1.807, 2.05) is 11.3 Å². The molecule has 2 aliphatic rings. The highest BCUT2D eigenvalue weighted by molar-refractivity contribution is 7.26. The van der Waals surface area contributed by atoms with Gasteiger partial charge in [0.15, 0.2) is 7.28 Å². The number of fused-ring (bicyclic) bond motifs is 15. The molecule has 11 aromatic rings. The SMILES string of the molecule is CC(C)(C)c1ccc(Nc2cc3c(cc2-c2ccc4c5c6oc7ccccc7c6ccc5n5c4c2Bc2cc4sc6ccccc6c4cc2-5)C(C)(C)c2ccccc2-3)cc1. The molecule has 0 radical (unpaired) electrons. The second-order valence-corrected chi connectivity index (χ2v) is 19.7. The molecule has 0 saturated carbocycles.